The molecule has 3 fully saturated rings. The van der Waals surface area contributed by atoms with Crippen LogP contribution >= 0.6 is 12.4 Å². The lowest BCUT2D eigenvalue weighted by Gasteiger charge is -2.39. The smallest absolute Gasteiger partial charge is 0.228 e. The number of carbonyl (C=O) groups excluding carboxylic acids is 1. The molecule has 92 valence electrons. The van der Waals surface area contributed by atoms with Crippen LogP contribution in [0.1, 0.15) is 26.2 Å². The molecule has 4 heteroatoms. The Bertz CT molecular complexity index is 279. The monoisotopic (exact) mass is 244 g/mol. The highest BCUT2D eigenvalue weighted by Gasteiger charge is 2.46. The quantitative estimate of drug-likeness (QED) is 0.754. The van der Waals surface area contributed by atoms with Crippen LogP contribution in [-0.2, 0) is 4.79 Å². The molecule has 3 rings (SSSR count). The van der Waals surface area contributed by atoms with Gasteiger partial charge in [0.25, 0.3) is 0 Å². The third kappa shape index (κ3) is 1.74. The molecule has 2 aliphatic heterocycles. The molecule has 16 heavy (non-hydrogen) atoms. The zero-order chi connectivity index (χ0) is 10.5. The largest absolute Gasteiger partial charge is 0.342 e. The minimum absolute atomic E-state index is 0. The van der Waals surface area contributed by atoms with E-state index in [1.54, 1.807) is 0 Å². The Morgan fingerprint density at radius 2 is 1.81 bits per heavy atom. The summed E-state index contributed by atoms with van der Waals surface area (Å²) in [6.07, 6.45) is 3.45. The zero-order valence-electron chi connectivity index (χ0n) is 9.87. The normalized spacial score (nSPS) is 35.2. The van der Waals surface area contributed by atoms with Crippen LogP contribution in [0.25, 0.3) is 0 Å². The molecule has 0 aromatic heterocycles. The van der Waals surface area contributed by atoms with Gasteiger partial charge >= 0.3 is 0 Å². The minimum Gasteiger partial charge on any atom is -0.342 e. The highest BCUT2D eigenvalue weighted by Crippen LogP contribution is 2.43. The molecule has 1 N–H and O–H groups in total. The Balaban J connectivity index is 0.000000963. The first-order chi connectivity index (χ1) is 7.19. The van der Waals surface area contributed by atoms with Gasteiger partial charge < -0.3 is 10.2 Å². The lowest BCUT2D eigenvalue weighted by Crippen LogP contribution is -2.45. The van der Waals surface area contributed by atoms with E-state index in [0.717, 1.165) is 50.9 Å². The van der Waals surface area contributed by atoms with Gasteiger partial charge in [-0.1, -0.05) is 13.3 Å². The summed E-state index contributed by atoms with van der Waals surface area (Å²) in [5, 5.41) is 3.41. The molecule has 0 bridgehead atoms. The zero-order valence-corrected chi connectivity index (χ0v) is 10.7. The first kappa shape index (κ1) is 12.2. The minimum atomic E-state index is 0. The van der Waals surface area contributed by atoms with E-state index in [2.05, 4.69) is 17.1 Å². The number of halogens is 1. The number of amides is 1. The fraction of sp³-hybridized carbons (Fsp3) is 0.917. The molecular weight excluding hydrogens is 224 g/mol. The Morgan fingerprint density at radius 1 is 1.25 bits per heavy atom. The van der Waals surface area contributed by atoms with Crippen molar-refractivity contribution in [2.75, 3.05) is 26.2 Å². The predicted octanol–water partition coefficient (Wildman–Crippen LogP) is 1.28. The van der Waals surface area contributed by atoms with Crippen molar-refractivity contribution in [3.63, 3.8) is 0 Å². The number of nitrogens with one attached hydrogen (secondary N) is 1. The van der Waals surface area contributed by atoms with Gasteiger partial charge in [-0.25, -0.2) is 0 Å². The second-order valence-corrected chi connectivity index (χ2v) is 5.80. The number of fused-ring (bicyclic) bond motifs is 1. The van der Waals surface area contributed by atoms with Gasteiger partial charge in [-0.2, -0.15) is 0 Å². The van der Waals surface area contributed by atoms with Crippen molar-refractivity contribution in [1.29, 1.82) is 0 Å². The van der Waals surface area contributed by atoms with Gasteiger partial charge in [0.15, 0.2) is 0 Å². The fourth-order valence-electron chi connectivity index (χ4n) is 3.32. The van der Waals surface area contributed by atoms with E-state index >= 15 is 0 Å². The van der Waals surface area contributed by atoms with Crippen molar-refractivity contribution < 1.29 is 4.79 Å². The molecule has 0 unspecified atom stereocenters. The molecule has 2 heterocycles. The third-order valence-electron chi connectivity index (χ3n) is 4.65. The summed E-state index contributed by atoms with van der Waals surface area (Å²) in [7, 11) is 0. The van der Waals surface area contributed by atoms with Gasteiger partial charge in [-0.3, -0.25) is 4.79 Å². The van der Waals surface area contributed by atoms with E-state index in [9.17, 15) is 4.79 Å². The molecule has 2 saturated heterocycles. The Hall–Kier alpha value is -0.280. The molecule has 1 aliphatic carbocycles. The van der Waals surface area contributed by atoms with Crippen LogP contribution < -0.4 is 5.32 Å². The second kappa shape index (κ2) is 4.19. The number of likely N-dealkylation sites (tertiary alicyclic amines) is 1. The topological polar surface area (TPSA) is 32.3 Å². The maximum atomic E-state index is 12.3. The van der Waals surface area contributed by atoms with Crippen LogP contribution in [0.5, 0.6) is 0 Å². The van der Waals surface area contributed by atoms with Gasteiger partial charge in [0, 0.05) is 31.6 Å². The van der Waals surface area contributed by atoms with Crippen molar-refractivity contribution in [2.45, 2.75) is 26.2 Å². The third-order valence-corrected chi connectivity index (χ3v) is 4.65. The van der Waals surface area contributed by atoms with Crippen LogP contribution in [0.15, 0.2) is 0 Å². The molecular formula is C12H21ClN2O. The lowest BCUT2D eigenvalue weighted by atomic mass is 9.69. The summed E-state index contributed by atoms with van der Waals surface area (Å²) in [6.45, 7) is 6.39. The molecule has 2 atom stereocenters. The standard InChI is InChI=1S/C12H20N2O.ClH/c1-12(3-2-4-12)11(15)14-7-9-5-13-6-10(9)8-14;/h9-10,13H,2-8H2,1H3;1H/t9-,10+;. The average Bonchev–Trinajstić information content (AvgIpc) is 2.71. The van der Waals surface area contributed by atoms with Gasteiger partial charge in [-0.05, 0) is 24.7 Å². The first-order valence-corrected chi connectivity index (χ1v) is 6.19. The molecule has 0 radical (unpaired) electrons. The number of rotatable bonds is 1. The fourth-order valence-corrected chi connectivity index (χ4v) is 3.32. The van der Waals surface area contributed by atoms with E-state index in [1.807, 2.05) is 0 Å². The van der Waals surface area contributed by atoms with Crippen LogP contribution in [0.3, 0.4) is 0 Å². The number of hydrogen-bond donors (Lipinski definition) is 1. The maximum Gasteiger partial charge on any atom is 0.228 e. The molecule has 3 aliphatic rings. The van der Waals surface area contributed by atoms with Crippen molar-refractivity contribution in [3.05, 3.63) is 0 Å². The Morgan fingerprint density at radius 3 is 2.25 bits per heavy atom. The molecule has 3 nitrogen and oxygen atoms in total. The van der Waals surface area contributed by atoms with Gasteiger partial charge in [0.05, 0.1) is 0 Å². The van der Waals surface area contributed by atoms with E-state index in [-0.39, 0.29) is 17.8 Å². The van der Waals surface area contributed by atoms with Crippen LogP contribution in [0, 0.1) is 17.3 Å². The molecule has 0 spiro atoms. The molecule has 0 aromatic rings. The average molecular weight is 245 g/mol. The summed E-state index contributed by atoms with van der Waals surface area (Å²) in [5.74, 6) is 1.90. The first-order valence-electron chi connectivity index (χ1n) is 6.19. The Kier molecular flexibility index (Phi) is 3.19. The molecule has 1 saturated carbocycles. The van der Waals surface area contributed by atoms with E-state index in [0.29, 0.717) is 5.91 Å². The molecule has 0 aromatic carbocycles. The number of hydrogen-bond acceptors (Lipinski definition) is 2. The van der Waals surface area contributed by atoms with E-state index in [1.165, 1.54) is 6.42 Å². The summed E-state index contributed by atoms with van der Waals surface area (Å²) in [5.41, 5.74) is 0.00602. The highest BCUT2D eigenvalue weighted by molar-refractivity contribution is 5.85. The van der Waals surface area contributed by atoms with Crippen molar-refractivity contribution in [3.8, 4) is 0 Å². The lowest BCUT2D eigenvalue weighted by molar-refractivity contribution is -0.145. The predicted molar refractivity (Wildman–Crippen MR) is 65.6 cm³/mol. The summed E-state index contributed by atoms with van der Waals surface area (Å²) in [6, 6.07) is 0. The number of nitrogens with zero attached hydrogens (tertiary/aromatic N) is 1. The number of carbonyl (C=O) groups is 1. The van der Waals surface area contributed by atoms with Crippen molar-refractivity contribution in [2.24, 2.45) is 17.3 Å². The highest BCUT2D eigenvalue weighted by atomic mass is 35.5. The SMILES string of the molecule is CC1(C(=O)N2C[C@H]3CNC[C@H]3C2)CCC1.Cl. The van der Waals surface area contributed by atoms with Crippen molar-refractivity contribution >= 4 is 18.3 Å². The maximum absolute atomic E-state index is 12.3. The van der Waals surface area contributed by atoms with Gasteiger partial charge in [-0.15, -0.1) is 12.4 Å². The van der Waals surface area contributed by atoms with Crippen LogP contribution in [-0.4, -0.2) is 37.0 Å². The van der Waals surface area contributed by atoms with Crippen LogP contribution in [0.2, 0.25) is 0 Å². The second-order valence-electron chi connectivity index (χ2n) is 5.80. The van der Waals surface area contributed by atoms with E-state index in [4.69, 9.17) is 0 Å². The van der Waals surface area contributed by atoms with Crippen LogP contribution in [0.4, 0.5) is 0 Å². The van der Waals surface area contributed by atoms with Gasteiger partial charge in [0.2, 0.25) is 5.91 Å². The molecule has 1 amide bonds. The summed E-state index contributed by atoms with van der Waals surface area (Å²) in [4.78, 5) is 14.4. The van der Waals surface area contributed by atoms with E-state index < -0.39 is 0 Å². The Labute approximate surface area is 103 Å². The summed E-state index contributed by atoms with van der Waals surface area (Å²) < 4.78 is 0. The summed E-state index contributed by atoms with van der Waals surface area (Å²) >= 11 is 0. The van der Waals surface area contributed by atoms with Crippen molar-refractivity contribution in [1.82, 2.24) is 10.2 Å². The van der Waals surface area contributed by atoms with Gasteiger partial charge in [0.1, 0.15) is 0 Å².